The monoisotopic (exact) mass is 271 g/mol. The Morgan fingerprint density at radius 2 is 1.89 bits per heavy atom. The van der Waals surface area contributed by atoms with Crippen LogP contribution < -0.4 is 16.8 Å². The quantitative estimate of drug-likeness (QED) is 0.409. The van der Waals surface area contributed by atoms with Gasteiger partial charge in [-0.15, -0.1) is 0 Å². The van der Waals surface area contributed by atoms with E-state index in [1.165, 1.54) is 0 Å². The Balaban J connectivity index is 4.04. The Bertz CT molecular complexity index is 342. The number of unbranched alkanes of at least 4 members (excludes halogenated alkanes) is 3. The van der Waals surface area contributed by atoms with Crippen molar-refractivity contribution in [2.24, 2.45) is 11.5 Å². The van der Waals surface area contributed by atoms with Gasteiger partial charge in [0.15, 0.2) is 0 Å². The molecule has 0 aliphatic heterocycles. The Kier molecular flexibility index (Phi) is 8.86. The third-order valence-electron chi connectivity index (χ3n) is 2.26. The molecule has 0 spiro atoms. The smallest absolute Gasteiger partial charge is 0.408 e. The summed E-state index contributed by atoms with van der Waals surface area (Å²) in [4.78, 5) is 32.9. The lowest BCUT2D eigenvalue weighted by Gasteiger charge is -2.11. The fourth-order valence-electron chi connectivity index (χ4n) is 1.27. The van der Waals surface area contributed by atoms with Gasteiger partial charge in [-0.05, 0) is 12.5 Å². The van der Waals surface area contributed by atoms with E-state index >= 15 is 0 Å². The maximum Gasteiger partial charge on any atom is 0.408 e. The number of nitrogens with one attached hydrogen (secondary N) is 1. The van der Waals surface area contributed by atoms with Crippen molar-refractivity contribution in [1.29, 1.82) is 0 Å². The first-order valence-corrected chi connectivity index (χ1v) is 6.17. The predicted octanol–water partition coefficient (Wildman–Crippen LogP) is 0.188. The fourth-order valence-corrected chi connectivity index (χ4v) is 1.27. The molecular weight excluding hydrogens is 250 g/mol. The molecule has 1 unspecified atom stereocenters. The molecule has 7 nitrogen and oxygen atoms in total. The van der Waals surface area contributed by atoms with Gasteiger partial charge < -0.3 is 21.5 Å². The van der Waals surface area contributed by atoms with Crippen LogP contribution in [-0.4, -0.2) is 30.6 Å². The van der Waals surface area contributed by atoms with E-state index in [2.05, 4.69) is 12.2 Å². The van der Waals surface area contributed by atoms with E-state index in [1.807, 2.05) is 0 Å². The van der Waals surface area contributed by atoms with E-state index in [0.29, 0.717) is 0 Å². The summed E-state index contributed by atoms with van der Waals surface area (Å²) in [5, 5.41) is 2.23. The number of ether oxygens (including phenoxy) is 1. The Hall–Kier alpha value is -2.05. The Morgan fingerprint density at radius 3 is 2.42 bits per heavy atom. The van der Waals surface area contributed by atoms with Crippen LogP contribution in [0.1, 0.15) is 32.6 Å². The third kappa shape index (κ3) is 9.63. The van der Waals surface area contributed by atoms with Gasteiger partial charge in [-0.25, -0.2) is 4.79 Å². The van der Waals surface area contributed by atoms with Crippen LogP contribution in [0.4, 0.5) is 4.79 Å². The number of hydrogen-bond donors (Lipinski definition) is 3. The lowest BCUT2D eigenvalue weighted by atomic mass is 10.2. The molecule has 0 aromatic rings. The van der Waals surface area contributed by atoms with E-state index in [-0.39, 0.29) is 6.61 Å². The van der Waals surface area contributed by atoms with Crippen molar-refractivity contribution in [3.8, 4) is 0 Å². The first-order chi connectivity index (χ1) is 8.97. The molecule has 108 valence electrons. The number of amides is 3. The van der Waals surface area contributed by atoms with Crippen LogP contribution in [0, 0.1) is 0 Å². The second-order valence-electron chi connectivity index (χ2n) is 3.98. The molecule has 0 aliphatic rings. The lowest BCUT2D eigenvalue weighted by Crippen LogP contribution is -2.43. The molecule has 7 heteroatoms. The number of hydrogen-bond acceptors (Lipinski definition) is 4. The van der Waals surface area contributed by atoms with Crippen LogP contribution in [-0.2, 0) is 14.3 Å². The van der Waals surface area contributed by atoms with Gasteiger partial charge in [-0.3, -0.25) is 9.59 Å². The highest BCUT2D eigenvalue weighted by molar-refractivity contribution is 5.90. The summed E-state index contributed by atoms with van der Waals surface area (Å²) >= 11 is 0. The molecular formula is C12H21N3O4. The number of primary amides is 2. The molecule has 0 aromatic heterocycles. The van der Waals surface area contributed by atoms with Crippen LogP contribution in [0.5, 0.6) is 0 Å². The van der Waals surface area contributed by atoms with Crippen LogP contribution in [0.25, 0.3) is 0 Å². The van der Waals surface area contributed by atoms with E-state index in [1.54, 1.807) is 0 Å². The standard InChI is InChI=1S/C12H21N3O4/c1-2-3-4-5-8-19-12(18)15-9(11(14)17)6-7-10(13)16/h6-7,9H,2-5,8H2,1H3,(H2,13,16)(H2,14,17)(H,15,18)/b7-6+. The number of nitrogens with two attached hydrogens (primary N) is 2. The number of rotatable bonds is 9. The molecule has 1 atom stereocenters. The van der Waals surface area contributed by atoms with Crippen molar-refractivity contribution in [1.82, 2.24) is 5.32 Å². The van der Waals surface area contributed by atoms with Crippen molar-refractivity contribution in [3.63, 3.8) is 0 Å². The third-order valence-corrected chi connectivity index (χ3v) is 2.26. The normalized spacial score (nSPS) is 12.1. The highest BCUT2D eigenvalue weighted by atomic mass is 16.5. The molecule has 0 bridgehead atoms. The first-order valence-electron chi connectivity index (χ1n) is 6.17. The second kappa shape index (κ2) is 9.93. The molecule has 0 radical (unpaired) electrons. The zero-order valence-corrected chi connectivity index (χ0v) is 11.1. The van der Waals surface area contributed by atoms with Gasteiger partial charge in [-0.1, -0.05) is 26.2 Å². The molecule has 0 aliphatic carbocycles. The molecule has 5 N–H and O–H groups in total. The molecule has 0 saturated carbocycles. The second-order valence-corrected chi connectivity index (χ2v) is 3.98. The molecule has 0 rings (SSSR count). The van der Waals surface area contributed by atoms with Crippen LogP contribution >= 0.6 is 0 Å². The number of carbonyl (C=O) groups excluding carboxylic acids is 3. The molecule has 19 heavy (non-hydrogen) atoms. The number of alkyl carbamates (subject to hydrolysis) is 1. The summed E-state index contributed by atoms with van der Waals surface area (Å²) in [5.41, 5.74) is 9.93. The maximum atomic E-state index is 11.3. The van der Waals surface area contributed by atoms with Crippen molar-refractivity contribution < 1.29 is 19.1 Å². The molecule has 0 saturated heterocycles. The van der Waals surface area contributed by atoms with Crippen molar-refractivity contribution in [3.05, 3.63) is 12.2 Å². The largest absolute Gasteiger partial charge is 0.450 e. The Labute approximate surface area is 112 Å². The topological polar surface area (TPSA) is 125 Å². The van der Waals surface area contributed by atoms with Crippen molar-refractivity contribution >= 4 is 17.9 Å². The van der Waals surface area contributed by atoms with Crippen molar-refractivity contribution in [2.45, 2.75) is 38.6 Å². The number of carbonyl (C=O) groups is 3. The zero-order chi connectivity index (χ0) is 14.7. The summed E-state index contributed by atoms with van der Waals surface area (Å²) in [6, 6.07) is -1.12. The van der Waals surface area contributed by atoms with E-state index in [4.69, 9.17) is 16.2 Å². The SMILES string of the molecule is CCCCCCOC(=O)NC(/C=C/C(N)=O)C(N)=O. The Morgan fingerprint density at radius 1 is 1.21 bits per heavy atom. The van der Waals surface area contributed by atoms with E-state index < -0.39 is 23.9 Å². The van der Waals surface area contributed by atoms with Crippen LogP contribution in [0.15, 0.2) is 12.2 Å². The van der Waals surface area contributed by atoms with Crippen LogP contribution in [0.3, 0.4) is 0 Å². The molecule has 3 amide bonds. The molecule has 0 aromatic carbocycles. The van der Waals surface area contributed by atoms with Gasteiger partial charge in [0.25, 0.3) is 0 Å². The van der Waals surface area contributed by atoms with Gasteiger partial charge in [0.2, 0.25) is 11.8 Å². The van der Waals surface area contributed by atoms with Crippen LogP contribution in [0.2, 0.25) is 0 Å². The highest BCUT2D eigenvalue weighted by Gasteiger charge is 2.15. The summed E-state index contributed by atoms with van der Waals surface area (Å²) in [6.45, 7) is 2.35. The summed E-state index contributed by atoms with van der Waals surface area (Å²) in [5.74, 6) is -1.54. The minimum absolute atomic E-state index is 0.275. The molecule has 0 fully saturated rings. The highest BCUT2D eigenvalue weighted by Crippen LogP contribution is 1.99. The van der Waals surface area contributed by atoms with E-state index in [0.717, 1.165) is 37.8 Å². The van der Waals surface area contributed by atoms with Gasteiger partial charge in [-0.2, -0.15) is 0 Å². The summed E-state index contributed by atoms with van der Waals surface area (Å²) in [6.07, 6.45) is 5.23. The predicted molar refractivity (Wildman–Crippen MR) is 69.9 cm³/mol. The average molecular weight is 271 g/mol. The van der Waals surface area contributed by atoms with Gasteiger partial charge in [0.05, 0.1) is 6.61 Å². The first kappa shape index (κ1) is 16.9. The molecule has 0 heterocycles. The summed E-state index contributed by atoms with van der Waals surface area (Å²) in [7, 11) is 0. The minimum Gasteiger partial charge on any atom is -0.450 e. The summed E-state index contributed by atoms with van der Waals surface area (Å²) < 4.78 is 4.87. The fraction of sp³-hybridized carbons (Fsp3) is 0.583. The van der Waals surface area contributed by atoms with E-state index in [9.17, 15) is 14.4 Å². The van der Waals surface area contributed by atoms with Gasteiger partial charge in [0.1, 0.15) is 6.04 Å². The minimum atomic E-state index is -1.12. The lowest BCUT2D eigenvalue weighted by molar-refractivity contribution is -0.118. The van der Waals surface area contributed by atoms with Gasteiger partial charge in [0, 0.05) is 6.08 Å². The average Bonchev–Trinajstić information content (AvgIpc) is 2.33. The van der Waals surface area contributed by atoms with Gasteiger partial charge >= 0.3 is 6.09 Å². The zero-order valence-electron chi connectivity index (χ0n) is 11.1. The maximum absolute atomic E-state index is 11.3. The van der Waals surface area contributed by atoms with Crippen molar-refractivity contribution in [2.75, 3.05) is 6.61 Å².